The number of rotatable bonds is 4. The molecule has 0 bridgehead atoms. The number of nitrogens with one attached hydrogen (secondary N) is 1. The Morgan fingerprint density at radius 1 is 1.07 bits per heavy atom. The first-order chi connectivity index (χ1) is 14.2. The Bertz CT molecular complexity index is 995. The van der Waals surface area contributed by atoms with Crippen molar-refractivity contribution >= 4 is 29.0 Å². The van der Waals surface area contributed by atoms with Crippen molar-refractivity contribution in [3.63, 3.8) is 0 Å². The van der Waals surface area contributed by atoms with Crippen LogP contribution in [0.2, 0.25) is 10.0 Å². The summed E-state index contributed by atoms with van der Waals surface area (Å²) in [5.41, 5.74) is 4.88. The predicted molar refractivity (Wildman–Crippen MR) is 119 cm³/mol. The maximum absolute atomic E-state index is 6.25. The molecule has 1 unspecified atom stereocenters. The molecule has 1 saturated heterocycles. The summed E-state index contributed by atoms with van der Waals surface area (Å²) in [6, 6.07) is 16.3. The summed E-state index contributed by atoms with van der Waals surface area (Å²) < 4.78 is 1.99. The number of nitrogens with zero attached hydrogens (tertiary/aromatic N) is 3. The third kappa shape index (κ3) is 3.89. The maximum Gasteiger partial charge on any atom is 0.133 e. The third-order valence-corrected chi connectivity index (χ3v) is 6.35. The van der Waals surface area contributed by atoms with Crippen LogP contribution in [-0.4, -0.2) is 34.3 Å². The van der Waals surface area contributed by atoms with Crippen LogP contribution in [0.3, 0.4) is 0 Å². The van der Waals surface area contributed by atoms with Gasteiger partial charge in [-0.2, -0.15) is 5.10 Å². The van der Waals surface area contributed by atoms with E-state index >= 15 is 0 Å². The second kappa shape index (κ2) is 8.02. The molecule has 1 N–H and O–H groups in total. The van der Waals surface area contributed by atoms with Gasteiger partial charge in [0, 0.05) is 41.2 Å². The van der Waals surface area contributed by atoms with Gasteiger partial charge in [0.25, 0.3) is 0 Å². The first-order valence-corrected chi connectivity index (χ1v) is 11.0. The van der Waals surface area contributed by atoms with Crippen molar-refractivity contribution < 1.29 is 0 Å². The van der Waals surface area contributed by atoms with Crippen molar-refractivity contribution in [2.45, 2.75) is 31.7 Å². The molecule has 1 fully saturated rings. The van der Waals surface area contributed by atoms with Crippen LogP contribution in [0.4, 0.5) is 5.82 Å². The van der Waals surface area contributed by atoms with Gasteiger partial charge in [-0.05, 0) is 49.6 Å². The lowest BCUT2D eigenvalue weighted by Gasteiger charge is -2.32. The van der Waals surface area contributed by atoms with E-state index in [1.807, 2.05) is 16.8 Å². The van der Waals surface area contributed by atoms with Gasteiger partial charge in [0.1, 0.15) is 5.82 Å². The quantitative estimate of drug-likeness (QED) is 0.595. The Hall–Kier alpha value is -2.01. The third-order valence-electron chi connectivity index (χ3n) is 5.92. The number of anilines is 1. The summed E-state index contributed by atoms with van der Waals surface area (Å²) in [7, 11) is 0. The maximum atomic E-state index is 6.25. The fourth-order valence-corrected chi connectivity index (χ4v) is 5.16. The first-order valence-electron chi connectivity index (χ1n) is 10.3. The summed E-state index contributed by atoms with van der Waals surface area (Å²) in [6.07, 6.45) is 3.41. The SMILES string of the molecule is Clc1cc(Cl)cc(-n2nc(C3CCCN(Cc4ccccc4)C3)c3c2NCC3)c1. The van der Waals surface area contributed by atoms with Crippen LogP contribution in [0.25, 0.3) is 5.69 Å². The number of benzene rings is 2. The van der Waals surface area contributed by atoms with E-state index in [0.29, 0.717) is 16.0 Å². The van der Waals surface area contributed by atoms with Gasteiger partial charge in [0.05, 0.1) is 11.4 Å². The lowest BCUT2D eigenvalue weighted by Crippen LogP contribution is -2.34. The number of piperidine rings is 1. The van der Waals surface area contributed by atoms with Crippen LogP contribution in [0.5, 0.6) is 0 Å². The van der Waals surface area contributed by atoms with Crippen molar-refractivity contribution in [2.24, 2.45) is 0 Å². The molecule has 2 aromatic carbocycles. The molecule has 0 saturated carbocycles. The van der Waals surface area contributed by atoms with Crippen LogP contribution < -0.4 is 5.32 Å². The first kappa shape index (κ1) is 19.0. The highest BCUT2D eigenvalue weighted by atomic mass is 35.5. The molecule has 0 radical (unpaired) electrons. The highest BCUT2D eigenvalue weighted by Crippen LogP contribution is 2.37. The molecule has 3 aromatic rings. The van der Waals surface area contributed by atoms with E-state index in [1.165, 1.54) is 29.7 Å². The number of hydrogen-bond donors (Lipinski definition) is 1. The highest BCUT2D eigenvalue weighted by Gasteiger charge is 2.30. The fraction of sp³-hybridized carbons (Fsp3) is 0.348. The highest BCUT2D eigenvalue weighted by molar-refractivity contribution is 6.34. The zero-order chi connectivity index (χ0) is 19.8. The van der Waals surface area contributed by atoms with Gasteiger partial charge >= 0.3 is 0 Å². The molecule has 0 amide bonds. The monoisotopic (exact) mass is 426 g/mol. The fourth-order valence-electron chi connectivity index (χ4n) is 4.64. The topological polar surface area (TPSA) is 33.1 Å². The lowest BCUT2D eigenvalue weighted by molar-refractivity contribution is 0.198. The number of hydrogen-bond acceptors (Lipinski definition) is 3. The second-order valence-electron chi connectivity index (χ2n) is 7.99. The Kier molecular flexibility index (Phi) is 5.25. The zero-order valence-corrected chi connectivity index (χ0v) is 17.8. The average Bonchev–Trinajstić information content (AvgIpc) is 3.31. The zero-order valence-electron chi connectivity index (χ0n) is 16.2. The summed E-state index contributed by atoms with van der Waals surface area (Å²) in [5.74, 6) is 1.55. The predicted octanol–water partition coefficient (Wildman–Crippen LogP) is 5.53. The molecule has 0 aliphatic carbocycles. The van der Waals surface area contributed by atoms with E-state index in [1.54, 1.807) is 6.07 Å². The summed E-state index contributed by atoms with van der Waals surface area (Å²) in [6.45, 7) is 4.16. The number of likely N-dealkylation sites (tertiary alicyclic amines) is 1. The van der Waals surface area contributed by atoms with E-state index in [9.17, 15) is 0 Å². The van der Waals surface area contributed by atoms with Crippen LogP contribution in [0, 0.1) is 0 Å². The molecule has 1 atom stereocenters. The van der Waals surface area contributed by atoms with Crippen LogP contribution in [0.1, 0.15) is 35.6 Å². The van der Waals surface area contributed by atoms with Crippen molar-refractivity contribution in [1.29, 1.82) is 0 Å². The van der Waals surface area contributed by atoms with E-state index in [2.05, 4.69) is 40.5 Å². The average molecular weight is 427 g/mol. The Morgan fingerprint density at radius 2 is 1.86 bits per heavy atom. The minimum Gasteiger partial charge on any atom is -0.369 e. The molecule has 3 heterocycles. The largest absolute Gasteiger partial charge is 0.369 e. The second-order valence-corrected chi connectivity index (χ2v) is 8.86. The number of halogens is 2. The smallest absolute Gasteiger partial charge is 0.133 e. The molecule has 29 heavy (non-hydrogen) atoms. The van der Waals surface area contributed by atoms with Crippen molar-refractivity contribution in [1.82, 2.24) is 14.7 Å². The van der Waals surface area contributed by atoms with E-state index < -0.39 is 0 Å². The molecule has 4 nitrogen and oxygen atoms in total. The van der Waals surface area contributed by atoms with Crippen molar-refractivity contribution in [3.05, 3.63) is 75.4 Å². The van der Waals surface area contributed by atoms with Crippen LogP contribution in [0.15, 0.2) is 48.5 Å². The molecule has 6 heteroatoms. The Balaban J connectivity index is 1.44. The Morgan fingerprint density at radius 3 is 2.66 bits per heavy atom. The number of aromatic nitrogens is 2. The minimum atomic E-state index is 0.456. The van der Waals surface area contributed by atoms with Crippen molar-refractivity contribution in [2.75, 3.05) is 25.0 Å². The van der Waals surface area contributed by atoms with Crippen LogP contribution >= 0.6 is 23.2 Å². The van der Waals surface area contributed by atoms with Gasteiger partial charge in [0.2, 0.25) is 0 Å². The van der Waals surface area contributed by atoms with E-state index in [-0.39, 0.29) is 0 Å². The van der Waals surface area contributed by atoms with Crippen molar-refractivity contribution in [3.8, 4) is 5.69 Å². The summed E-state index contributed by atoms with van der Waals surface area (Å²) in [4.78, 5) is 2.56. The lowest BCUT2D eigenvalue weighted by atomic mass is 9.91. The van der Waals surface area contributed by atoms with Gasteiger partial charge in [-0.15, -0.1) is 0 Å². The molecular formula is C23H24Cl2N4. The van der Waals surface area contributed by atoms with Gasteiger partial charge in [-0.25, -0.2) is 4.68 Å². The standard InChI is InChI=1S/C23H24Cl2N4/c24-18-11-19(25)13-20(12-18)29-23-21(8-9-26-23)22(27-29)17-7-4-10-28(15-17)14-16-5-2-1-3-6-16/h1-3,5-6,11-13,17,26H,4,7-10,14-15H2. The normalized spacial score (nSPS) is 19.2. The molecule has 0 spiro atoms. The minimum absolute atomic E-state index is 0.456. The summed E-state index contributed by atoms with van der Waals surface area (Å²) >= 11 is 12.5. The Labute approximate surface area is 181 Å². The molecule has 2 aliphatic rings. The molecule has 1 aromatic heterocycles. The molecule has 2 aliphatic heterocycles. The molecular weight excluding hydrogens is 403 g/mol. The van der Waals surface area contributed by atoms with Gasteiger partial charge in [0.15, 0.2) is 0 Å². The van der Waals surface area contributed by atoms with Gasteiger partial charge in [-0.3, -0.25) is 4.90 Å². The van der Waals surface area contributed by atoms with E-state index in [4.69, 9.17) is 28.3 Å². The number of fused-ring (bicyclic) bond motifs is 1. The molecule has 5 rings (SSSR count). The summed E-state index contributed by atoms with van der Waals surface area (Å²) in [5, 5.41) is 9.83. The van der Waals surface area contributed by atoms with Gasteiger partial charge < -0.3 is 5.32 Å². The molecule has 150 valence electrons. The van der Waals surface area contributed by atoms with Crippen LogP contribution in [-0.2, 0) is 13.0 Å². The van der Waals surface area contributed by atoms with E-state index in [0.717, 1.165) is 44.1 Å². The van der Waals surface area contributed by atoms with Gasteiger partial charge in [-0.1, -0.05) is 53.5 Å².